The van der Waals surface area contributed by atoms with Gasteiger partial charge in [-0.3, -0.25) is 0 Å². The number of rotatable bonds is 9. The predicted molar refractivity (Wildman–Crippen MR) is 185 cm³/mol. The van der Waals surface area contributed by atoms with Crippen molar-refractivity contribution in [2.45, 2.75) is 0 Å². The first-order valence-electron chi connectivity index (χ1n) is 14.3. The predicted octanol–water partition coefficient (Wildman–Crippen LogP) is 11.8. The van der Waals surface area contributed by atoms with Crippen LogP contribution in [-0.4, -0.2) is 0 Å². The van der Waals surface area contributed by atoms with Crippen LogP contribution in [0.25, 0.3) is 0 Å². The van der Waals surface area contributed by atoms with E-state index in [0.717, 1.165) is 22.7 Å². The van der Waals surface area contributed by atoms with Crippen LogP contribution in [0.1, 0.15) is 15.3 Å². The highest BCUT2D eigenvalue weighted by atomic mass is 32.1. The van der Waals surface area contributed by atoms with E-state index in [0.29, 0.717) is 0 Å². The van der Waals surface area contributed by atoms with E-state index >= 15 is 0 Å². The fourth-order valence-electron chi connectivity index (χ4n) is 5.29. The molecule has 0 amide bonds. The molecule has 0 atom stereocenters. The molecule has 0 fully saturated rings. The van der Waals surface area contributed by atoms with E-state index in [9.17, 15) is 0 Å². The van der Waals surface area contributed by atoms with Crippen LogP contribution in [0.4, 0.5) is 32.8 Å². The summed E-state index contributed by atoms with van der Waals surface area (Å²) in [6.45, 7) is 0. The van der Waals surface area contributed by atoms with Crippen molar-refractivity contribution in [2.75, 3.05) is 9.80 Å². The van der Waals surface area contributed by atoms with Crippen LogP contribution in [0.5, 0.6) is 0 Å². The largest absolute Gasteiger partial charge is 0.301 e. The zero-order valence-corrected chi connectivity index (χ0v) is 25.1. The third kappa shape index (κ3) is 5.71. The number of thiophene rings is 2. The summed E-state index contributed by atoms with van der Waals surface area (Å²) in [5, 5.41) is 2.35. The molecule has 0 radical (unpaired) electrons. The van der Waals surface area contributed by atoms with Crippen molar-refractivity contribution in [3.63, 3.8) is 0 Å². The molecule has 2 heterocycles. The number of para-hydroxylation sites is 4. The van der Waals surface area contributed by atoms with Crippen LogP contribution < -0.4 is 9.80 Å². The second-order valence-corrected chi connectivity index (χ2v) is 12.2. The lowest BCUT2D eigenvalue weighted by atomic mass is 9.96. The van der Waals surface area contributed by atoms with Gasteiger partial charge in [-0.05, 0) is 66.7 Å². The van der Waals surface area contributed by atoms with Gasteiger partial charge in [-0.25, -0.2) is 0 Å². The van der Waals surface area contributed by atoms with Crippen LogP contribution in [-0.2, 0) is 0 Å². The maximum absolute atomic E-state index is 2.34. The smallest absolute Gasteiger partial charge is 0.110 e. The van der Waals surface area contributed by atoms with Crippen molar-refractivity contribution >= 4 is 55.4 Å². The zero-order valence-electron chi connectivity index (χ0n) is 23.5. The van der Waals surface area contributed by atoms with Gasteiger partial charge in [0.1, 0.15) is 19.8 Å². The van der Waals surface area contributed by atoms with Crippen molar-refractivity contribution in [3.05, 3.63) is 197 Å². The standard InChI is InChI=1S/C39H29N2S2/c1-6-16-30(17-7-1)39(35-26-28-37(42-35)40(31-18-8-2-9-19-31)32-20-10-3-11-21-32)36-27-29-38(43-36)41(33-22-12-4-13-23-33)34-24-14-5-15-25-34/h1-29H/q+1. The summed E-state index contributed by atoms with van der Waals surface area (Å²) in [6.07, 6.45) is 0. The molecule has 206 valence electrons. The fourth-order valence-corrected chi connectivity index (χ4v) is 7.61. The average molecular weight is 590 g/mol. The van der Waals surface area contributed by atoms with Gasteiger partial charge < -0.3 is 9.80 Å². The first-order valence-corrected chi connectivity index (χ1v) is 15.9. The fraction of sp³-hybridized carbons (Fsp3) is 0. The summed E-state index contributed by atoms with van der Waals surface area (Å²) in [5.74, 6) is 1.25. The molecule has 0 spiro atoms. The van der Waals surface area contributed by atoms with Gasteiger partial charge in [0.05, 0.1) is 11.5 Å². The molecule has 2 nitrogen and oxygen atoms in total. The first kappa shape index (κ1) is 26.8. The average Bonchev–Trinajstić information content (AvgIpc) is 3.75. The number of anilines is 6. The molecule has 7 rings (SSSR count). The second-order valence-electron chi connectivity index (χ2n) is 10.0. The molecule has 0 aliphatic heterocycles. The molecular formula is C39H29N2S2+. The molecular weight excluding hydrogens is 561 g/mol. The summed E-state index contributed by atoms with van der Waals surface area (Å²) in [4.78, 5) is 7.14. The van der Waals surface area contributed by atoms with Gasteiger partial charge in [0.15, 0.2) is 0 Å². The molecule has 0 aliphatic carbocycles. The quantitative estimate of drug-likeness (QED) is 0.155. The topological polar surface area (TPSA) is 6.48 Å². The van der Waals surface area contributed by atoms with Gasteiger partial charge >= 0.3 is 0 Å². The SMILES string of the molecule is c1ccc([C+](c2ccc(N(c3ccccc3)c3ccccc3)s2)c2ccc(N(c3ccccc3)c3ccccc3)s2)cc1. The Labute approximate surface area is 261 Å². The second kappa shape index (κ2) is 12.5. The van der Waals surface area contributed by atoms with Crippen LogP contribution >= 0.6 is 22.7 Å². The molecule has 0 bridgehead atoms. The Kier molecular flexibility index (Phi) is 7.78. The highest BCUT2D eigenvalue weighted by Gasteiger charge is 2.29. The summed E-state index contributed by atoms with van der Waals surface area (Å²) < 4.78 is 0. The van der Waals surface area contributed by atoms with Gasteiger partial charge in [0.25, 0.3) is 0 Å². The minimum atomic E-state index is 1.14. The van der Waals surface area contributed by atoms with Gasteiger partial charge in [-0.15, -0.1) is 0 Å². The van der Waals surface area contributed by atoms with E-state index < -0.39 is 0 Å². The molecule has 0 saturated carbocycles. The van der Waals surface area contributed by atoms with Crippen molar-refractivity contribution in [2.24, 2.45) is 0 Å². The van der Waals surface area contributed by atoms with Gasteiger partial charge in [-0.2, -0.15) is 0 Å². The van der Waals surface area contributed by atoms with Crippen molar-refractivity contribution in [1.82, 2.24) is 0 Å². The third-order valence-electron chi connectivity index (χ3n) is 7.24. The number of hydrogen-bond donors (Lipinski definition) is 0. The van der Waals surface area contributed by atoms with Crippen molar-refractivity contribution in [1.29, 1.82) is 0 Å². The third-order valence-corrected chi connectivity index (χ3v) is 9.41. The number of hydrogen-bond acceptors (Lipinski definition) is 4. The van der Waals surface area contributed by atoms with Crippen LogP contribution in [0.2, 0.25) is 0 Å². The molecule has 0 unspecified atom stereocenters. The lowest BCUT2D eigenvalue weighted by Crippen LogP contribution is -2.08. The molecule has 43 heavy (non-hydrogen) atoms. The Balaban J connectivity index is 1.32. The highest BCUT2D eigenvalue weighted by Crippen LogP contribution is 2.47. The van der Waals surface area contributed by atoms with Gasteiger partial charge in [0, 0.05) is 59.1 Å². The van der Waals surface area contributed by atoms with Crippen LogP contribution in [0.3, 0.4) is 0 Å². The van der Waals surface area contributed by atoms with E-state index in [1.165, 1.54) is 31.2 Å². The summed E-state index contributed by atoms with van der Waals surface area (Å²) in [5.41, 5.74) is 5.78. The molecule has 0 aliphatic rings. The molecule has 5 aromatic carbocycles. The van der Waals surface area contributed by atoms with Crippen LogP contribution in [0.15, 0.2) is 176 Å². The zero-order chi connectivity index (χ0) is 28.8. The monoisotopic (exact) mass is 589 g/mol. The molecule has 0 N–H and O–H groups in total. The summed E-state index contributed by atoms with van der Waals surface area (Å²) in [7, 11) is 0. The Morgan fingerprint density at radius 3 is 0.953 bits per heavy atom. The molecule has 2 aromatic heterocycles. The van der Waals surface area contributed by atoms with Gasteiger partial charge in [0.2, 0.25) is 0 Å². The lowest BCUT2D eigenvalue weighted by molar-refractivity contribution is 1.31. The lowest BCUT2D eigenvalue weighted by Gasteiger charge is -2.23. The Morgan fingerprint density at radius 1 is 0.326 bits per heavy atom. The van der Waals surface area contributed by atoms with Crippen molar-refractivity contribution < 1.29 is 0 Å². The van der Waals surface area contributed by atoms with Crippen molar-refractivity contribution in [3.8, 4) is 0 Å². The Hall–Kier alpha value is -5.03. The van der Waals surface area contributed by atoms with E-state index in [-0.39, 0.29) is 0 Å². The Morgan fingerprint density at radius 2 is 0.628 bits per heavy atom. The minimum absolute atomic E-state index is 1.14. The highest BCUT2D eigenvalue weighted by molar-refractivity contribution is 7.18. The maximum Gasteiger partial charge on any atom is 0.110 e. The maximum atomic E-state index is 2.34. The normalized spacial score (nSPS) is 10.8. The van der Waals surface area contributed by atoms with Crippen LogP contribution in [0, 0.1) is 5.92 Å². The van der Waals surface area contributed by atoms with Gasteiger partial charge in [-0.1, -0.05) is 95.5 Å². The van der Waals surface area contributed by atoms with E-state index in [2.05, 4.69) is 186 Å². The van der Waals surface area contributed by atoms with E-state index in [1.54, 1.807) is 0 Å². The first-order chi connectivity index (χ1) is 21.3. The van der Waals surface area contributed by atoms with E-state index in [1.807, 2.05) is 22.7 Å². The molecule has 4 heteroatoms. The number of nitrogens with zero attached hydrogens (tertiary/aromatic N) is 2. The minimum Gasteiger partial charge on any atom is -0.301 e. The number of benzene rings is 5. The summed E-state index contributed by atoms with van der Waals surface area (Å²) in [6, 6.07) is 62.2. The molecule has 0 saturated heterocycles. The Bertz CT molecular complexity index is 1670. The van der Waals surface area contributed by atoms with E-state index in [4.69, 9.17) is 0 Å². The molecule has 7 aromatic rings. The summed E-state index contributed by atoms with van der Waals surface area (Å²) >= 11 is 3.64.